The zero-order chi connectivity index (χ0) is 20.4. The quantitative estimate of drug-likeness (QED) is 0.473. The molecule has 0 bridgehead atoms. The fourth-order valence-corrected chi connectivity index (χ4v) is 3.32. The van der Waals surface area contributed by atoms with E-state index < -0.39 is 5.97 Å². The van der Waals surface area contributed by atoms with Gasteiger partial charge in [0.05, 0.1) is 5.56 Å². The van der Waals surface area contributed by atoms with E-state index in [0.717, 1.165) is 28.5 Å². The summed E-state index contributed by atoms with van der Waals surface area (Å²) < 4.78 is 18.0. The smallest absolute Gasteiger partial charge is 0.340 e. The van der Waals surface area contributed by atoms with Gasteiger partial charge in [-0.3, -0.25) is 9.78 Å². The number of carbonyl (C=O) groups is 2. The van der Waals surface area contributed by atoms with Gasteiger partial charge in [-0.2, -0.15) is 0 Å². The Bertz CT molecular complexity index is 1070. The van der Waals surface area contributed by atoms with Gasteiger partial charge >= 0.3 is 5.97 Å². The number of aromatic nitrogens is 2. The Morgan fingerprint density at radius 1 is 1.14 bits per heavy atom. The molecule has 0 spiro atoms. The van der Waals surface area contributed by atoms with E-state index in [4.69, 9.17) is 14.2 Å². The Hall–Kier alpha value is -3.61. The van der Waals surface area contributed by atoms with Crippen molar-refractivity contribution >= 4 is 11.8 Å². The molecule has 0 unspecified atom stereocenters. The maximum atomic E-state index is 12.6. The second kappa shape index (κ2) is 7.79. The first kappa shape index (κ1) is 18.7. The molecule has 2 aromatic heterocycles. The highest BCUT2D eigenvalue weighted by molar-refractivity contribution is 6.00. The summed E-state index contributed by atoms with van der Waals surface area (Å²) in [5, 5.41) is 0. The Kier molecular flexibility index (Phi) is 5.03. The number of aryl methyl sites for hydroxylation is 1. The molecule has 0 atom stereocenters. The number of ketones is 1. The van der Waals surface area contributed by atoms with Crippen molar-refractivity contribution in [1.82, 2.24) is 9.55 Å². The third kappa shape index (κ3) is 3.85. The molecular weight excluding hydrogens is 372 g/mol. The molecule has 0 amide bonds. The Balaban J connectivity index is 1.46. The maximum Gasteiger partial charge on any atom is 0.340 e. The third-order valence-corrected chi connectivity index (χ3v) is 4.88. The summed E-state index contributed by atoms with van der Waals surface area (Å²) in [6.45, 7) is 4.34. The van der Waals surface area contributed by atoms with Crippen LogP contribution in [0.1, 0.15) is 37.7 Å². The zero-order valence-electron chi connectivity index (χ0n) is 16.2. The molecule has 1 aromatic carbocycles. The average molecular weight is 392 g/mol. The third-order valence-electron chi connectivity index (χ3n) is 4.88. The van der Waals surface area contributed by atoms with E-state index in [-0.39, 0.29) is 19.2 Å². The first-order valence-corrected chi connectivity index (χ1v) is 9.18. The summed E-state index contributed by atoms with van der Waals surface area (Å²) in [6.07, 6.45) is 2.97. The van der Waals surface area contributed by atoms with Crippen molar-refractivity contribution < 1.29 is 23.8 Å². The predicted molar refractivity (Wildman–Crippen MR) is 104 cm³/mol. The highest BCUT2D eigenvalue weighted by Crippen LogP contribution is 2.33. The molecule has 4 rings (SSSR count). The number of benzene rings is 1. The average Bonchev–Trinajstić information content (AvgIpc) is 3.31. The Morgan fingerprint density at radius 3 is 2.76 bits per heavy atom. The minimum Gasteiger partial charge on any atom is -0.454 e. The van der Waals surface area contributed by atoms with Crippen LogP contribution >= 0.6 is 0 Å². The van der Waals surface area contributed by atoms with Crippen molar-refractivity contribution in [1.29, 1.82) is 0 Å². The highest BCUT2D eigenvalue weighted by Gasteiger charge is 2.19. The van der Waals surface area contributed by atoms with Crippen LogP contribution in [-0.2, 0) is 11.3 Å². The molecule has 3 heterocycles. The molecule has 29 heavy (non-hydrogen) atoms. The largest absolute Gasteiger partial charge is 0.454 e. The van der Waals surface area contributed by atoms with Gasteiger partial charge in [0.1, 0.15) is 0 Å². The van der Waals surface area contributed by atoms with Crippen LogP contribution in [0.15, 0.2) is 48.8 Å². The normalized spacial score (nSPS) is 12.1. The lowest BCUT2D eigenvalue weighted by Crippen LogP contribution is -2.15. The van der Waals surface area contributed by atoms with E-state index >= 15 is 0 Å². The van der Waals surface area contributed by atoms with Crippen LogP contribution in [0.25, 0.3) is 0 Å². The molecule has 148 valence electrons. The lowest BCUT2D eigenvalue weighted by molar-refractivity contribution is 0.0474. The standard InChI is InChI=1S/C22H20N2O5/c1-14-8-18(19(25)12-27-22(26)17-4-3-7-23-10-17)15(2)24(14)11-16-5-6-20-21(9-16)29-13-28-20/h3-10H,11-13H2,1-2H3. The molecule has 1 aliphatic heterocycles. The van der Waals surface area contributed by atoms with E-state index in [9.17, 15) is 9.59 Å². The van der Waals surface area contributed by atoms with E-state index in [1.165, 1.54) is 6.20 Å². The van der Waals surface area contributed by atoms with E-state index in [1.807, 2.05) is 42.7 Å². The summed E-state index contributed by atoms with van der Waals surface area (Å²) in [7, 11) is 0. The molecule has 0 fully saturated rings. The Labute approximate surface area is 167 Å². The summed E-state index contributed by atoms with van der Waals surface area (Å²) in [6, 6.07) is 10.9. The van der Waals surface area contributed by atoms with Crippen LogP contribution in [-0.4, -0.2) is 34.7 Å². The monoisotopic (exact) mass is 392 g/mol. The van der Waals surface area contributed by atoms with Crippen molar-refractivity contribution in [2.45, 2.75) is 20.4 Å². The van der Waals surface area contributed by atoms with Crippen molar-refractivity contribution in [3.8, 4) is 11.5 Å². The number of hydrogen-bond donors (Lipinski definition) is 0. The fourth-order valence-electron chi connectivity index (χ4n) is 3.32. The minimum atomic E-state index is -0.569. The lowest BCUT2D eigenvalue weighted by Gasteiger charge is -2.11. The van der Waals surface area contributed by atoms with Gasteiger partial charge in [-0.15, -0.1) is 0 Å². The molecular formula is C22H20N2O5. The van der Waals surface area contributed by atoms with E-state index in [2.05, 4.69) is 4.98 Å². The molecule has 0 radical (unpaired) electrons. The highest BCUT2D eigenvalue weighted by atomic mass is 16.7. The summed E-state index contributed by atoms with van der Waals surface area (Å²) in [5.41, 5.74) is 3.67. The van der Waals surface area contributed by atoms with Crippen LogP contribution in [0.2, 0.25) is 0 Å². The van der Waals surface area contributed by atoms with Gasteiger partial charge in [-0.05, 0) is 49.7 Å². The number of rotatable bonds is 6. The first-order chi connectivity index (χ1) is 14.0. The number of nitrogens with zero attached hydrogens (tertiary/aromatic N) is 2. The number of carbonyl (C=O) groups excluding carboxylic acids is 2. The summed E-state index contributed by atoms with van der Waals surface area (Å²) in [5.74, 6) is 0.650. The van der Waals surface area contributed by atoms with Crippen LogP contribution in [0.3, 0.4) is 0 Å². The van der Waals surface area contributed by atoms with Gasteiger partial charge in [0, 0.05) is 35.9 Å². The van der Waals surface area contributed by atoms with Crippen LogP contribution in [0, 0.1) is 13.8 Å². The van der Waals surface area contributed by atoms with Crippen molar-refractivity contribution in [2.75, 3.05) is 13.4 Å². The van der Waals surface area contributed by atoms with Gasteiger partial charge in [0.2, 0.25) is 12.6 Å². The molecule has 3 aromatic rings. The lowest BCUT2D eigenvalue weighted by atomic mass is 10.1. The van der Waals surface area contributed by atoms with E-state index in [1.54, 1.807) is 18.3 Å². The van der Waals surface area contributed by atoms with Gasteiger partial charge in [-0.25, -0.2) is 4.79 Å². The number of esters is 1. The van der Waals surface area contributed by atoms with Crippen molar-refractivity contribution in [3.63, 3.8) is 0 Å². The number of pyridine rings is 1. The van der Waals surface area contributed by atoms with Gasteiger partial charge < -0.3 is 18.8 Å². The fraction of sp³-hybridized carbons (Fsp3) is 0.227. The number of hydrogen-bond acceptors (Lipinski definition) is 6. The predicted octanol–water partition coefficient (Wildman–Crippen LogP) is 3.32. The molecule has 0 saturated carbocycles. The molecule has 7 nitrogen and oxygen atoms in total. The number of Topliss-reactive ketones (excluding diaryl/α,β-unsaturated/α-hetero) is 1. The topological polar surface area (TPSA) is 79.7 Å². The molecule has 0 saturated heterocycles. The molecule has 7 heteroatoms. The minimum absolute atomic E-state index is 0.233. The van der Waals surface area contributed by atoms with E-state index in [0.29, 0.717) is 17.7 Å². The Morgan fingerprint density at radius 2 is 1.97 bits per heavy atom. The zero-order valence-corrected chi connectivity index (χ0v) is 16.2. The molecule has 1 aliphatic rings. The molecule has 0 N–H and O–H groups in total. The number of ether oxygens (including phenoxy) is 3. The molecule has 0 aliphatic carbocycles. The van der Waals surface area contributed by atoms with Crippen LogP contribution in [0.5, 0.6) is 11.5 Å². The van der Waals surface area contributed by atoms with Gasteiger partial charge in [-0.1, -0.05) is 6.07 Å². The second-order valence-electron chi connectivity index (χ2n) is 6.80. The number of fused-ring (bicyclic) bond motifs is 1. The maximum absolute atomic E-state index is 12.6. The van der Waals surface area contributed by atoms with Crippen molar-refractivity contribution in [3.05, 3.63) is 76.9 Å². The SMILES string of the molecule is Cc1cc(C(=O)COC(=O)c2cccnc2)c(C)n1Cc1ccc2c(c1)OCO2. The summed E-state index contributed by atoms with van der Waals surface area (Å²) >= 11 is 0. The first-order valence-electron chi connectivity index (χ1n) is 9.18. The van der Waals surface area contributed by atoms with Gasteiger partial charge in [0.25, 0.3) is 0 Å². The van der Waals surface area contributed by atoms with Crippen LogP contribution < -0.4 is 9.47 Å². The van der Waals surface area contributed by atoms with Gasteiger partial charge in [0.15, 0.2) is 18.1 Å². The van der Waals surface area contributed by atoms with Crippen molar-refractivity contribution in [2.24, 2.45) is 0 Å². The second-order valence-corrected chi connectivity index (χ2v) is 6.80. The van der Waals surface area contributed by atoms with Crippen LogP contribution in [0.4, 0.5) is 0 Å². The summed E-state index contributed by atoms with van der Waals surface area (Å²) in [4.78, 5) is 28.5.